The van der Waals surface area contributed by atoms with E-state index in [0.29, 0.717) is 5.89 Å². The molecule has 0 aliphatic heterocycles. The summed E-state index contributed by atoms with van der Waals surface area (Å²) in [6.45, 7) is 1.88. The fourth-order valence-electron chi connectivity index (χ4n) is 0.536. The Morgan fingerprint density at radius 1 is 1.78 bits per heavy atom. The molecule has 0 saturated carbocycles. The Hall–Kier alpha value is -0.830. The first-order valence-electron chi connectivity index (χ1n) is 2.76. The zero-order valence-corrected chi connectivity index (χ0v) is 5.50. The van der Waals surface area contributed by atoms with E-state index in [1.165, 1.54) is 6.26 Å². The maximum absolute atomic E-state index is 4.95. The summed E-state index contributed by atoms with van der Waals surface area (Å²) in [5.74, 6) is 0.623. The number of methoxy groups -OCH3 is 1. The molecule has 0 aliphatic rings. The Morgan fingerprint density at radius 3 is 3.00 bits per heavy atom. The molecule has 1 aromatic heterocycles. The summed E-state index contributed by atoms with van der Waals surface area (Å²) in [7, 11) is 1.62. The summed E-state index contributed by atoms with van der Waals surface area (Å²) in [5.41, 5.74) is 0. The van der Waals surface area contributed by atoms with Crippen molar-refractivity contribution < 1.29 is 9.15 Å². The van der Waals surface area contributed by atoms with E-state index >= 15 is 0 Å². The second kappa shape index (κ2) is 2.64. The van der Waals surface area contributed by atoms with E-state index in [1.807, 2.05) is 6.92 Å². The first-order chi connectivity index (χ1) is 4.34. The second-order valence-corrected chi connectivity index (χ2v) is 1.75. The van der Waals surface area contributed by atoms with Crippen LogP contribution in [-0.4, -0.2) is 12.1 Å². The van der Waals surface area contributed by atoms with Crippen LogP contribution in [0.15, 0.2) is 16.9 Å². The summed E-state index contributed by atoms with van der Waals surface area (Å²) in [6.07, 6.45) is 3.09. The summed E-state index contributed by atoms with van der Waals surface area (Å²) in [4.78, 5) is 3.90. The van der Waals surface area contributed by atoms with Crippen LogP contribution in [0.2, 0.25) is 0 Å². The lowest BCUT2D eigenvalue weighted by atomic mass is 10.4. The maximum atomic E-state index is 4.95. The Kier molecular flexibility index (Phi) is 1.85. The predicted molar refractivity (Wildman–Crippen MR) is 31.9 cm³/mol. The van der Waals surface area contributed by atoms with Crippen molar-refractivity contribution in [2.45, 2.75) is 13.0 Å². The van der Waals surface area contributed by atoms with Crippen LogP contribution in [0.5, 0.6) is 0 Å². The Labute approximate surface area is 53.7 Å². The van der Waals surface area contributed by atoms with Gasteiger partial charge in [0.15, 0.2) is 0 Å². The molecule has 0 fully saturated rings. The van der Waals surface area contributed by atoms with Gasteiger partial charge in [-0.05, 0) is 6.92 Å². The molecule has 0 saturated heterocycles. The molecule has 0 spiro atoms. The molecule has 0 radical (unpaired) electrons. The van der Waals surface area contributed by atoms with Gasteiger partial charge in [0.2, 0.25) is 5.89 Å². The molecule has 0 aliphatic carbocycles. The van der Waals surface area contributed by atoms with Gasteiger partial charge >= 0.3 is 0 Å². The van der Waals surface area contributed by atoms with Crippen molar-refractivity contribution in [1.29, 1.82) is 0 Å². The number of nitrogens with zero attached hydrogens (tertiary/aromatic N) is 1. The first-order valence-corrected chi connectivity index (χ1v) is 2.76. The quantitative estimate of drug-likeness (QED) is 0.602. The standard InChI is InChI=1S/C6H9NO2/c1-5(8-2)6-7-3-4-9-6/h3-5H,1-2H3. The van der Waals surface area contributed by atoms with E-state index in [9.17, 15) is 0 Å². The summed E-state index contributed by atoms with van der Waals surface area (Å²) < 4.78 is 9.89. The third kappa shape index (κ3) is 1.29. The van der Waals surface area contributed by atoms with Crippen LogP contribution < -0.4 is 0 Å². The third-order valence-electron chi connectivity index (χ3n) is 1.15. The van der Waals surface area contributed by atoms with Crippen LogP contribution in [0.25, 0.3) is 0 Å². The van der Waals surface area contributed by atoms with Crippen molar-refractivity contribution in [1.82, 2.24) is 4.98 Å². The third-order valence-corrected chi connectivity index (χ3v) is 1.15. The Balaban J connectivity index is 2.65. The second-order valence-electron chi connectivity index (χ2n) is 1.75. The minimum atomic E-state index is -0.0417. The van der Waals surface area contributed by atoms with Gasteiger partial charge in [0.25, 0.3) is 0 Å². The lowest BCUT2D eigenvalue weighted by molar-refractivity contribution is 0.0948. The zero-order chi connectivity index (χ0) is 6.69. The number of hydrogen-bond acceptors (Lipinski definition) is 3. The van der Waals surface area contributed by atoms with E-state index in [4.69, 9.17) is 9.15 Å². The average Bonchev–Trinajstić information content (AvgIpc) is 2.37. The molecule has 1 heterocycles. The highest BCUT2D eigenvalue weighted by Gasteiger charge is 2.05. The smallest absolute Gasteiger partial charge is 0.222 e. The maximum Gasteiger partial charge on any atom is 0.222 e. The van der Waals surface area contributed by atoms with E-state index < -0.39 is 0 Å². The summed E-state index contributed by atoms with van der Waals surface area (Å²) in [6, 6.07) is 0. The lowest BCUT2D eigenvalue weighted by Gasteiger charge is -2.01. The number of aromatic nitrogens is 1. The molecule has 0 aromatic carbocycles. The molecule has 1 aromatic rings. The van der Waals surface area contributed by atoms with Crippen LogP contribution >= 0.6 is 0 Å². The molecule has 3 nitrogen and oxygen atoms in total. The van der Waals surface area contributed by atoms with E-state index in [0.717, 1.165) is 0 Å². The van der Waals surface area contributed by atoms with Crippen LogP contribution in [0, 0.1) is 0 Å². The molecule has 0 N–H and O–H groups in total. The molecule has 1 unspecified atom stereocenters. The minimum absolute atomic E-state index is 0.0417. The molecular weight excluding hydrogens is 118 g/mol. The number of oxazole rings is 1. The van der Waals surface area contributed by atoms with Gasteiger partial charge in [-0.3, -0.25) is 0 Å². The van der Waals surface area contributed by atoms with E-state index in [-0.39, 0.29) is 6.10 Å². The summed E-state index contributed by atoms with van der Waals surface area (Å²) >= 11 is 0. The molecule has 50 valence electrons. The van der Waals surface area contributed by atoms with Gasteiger partial charge in [-0.1, -0.05) is 0 Å². The number of ether oxygens (including phenoxy) is 1. The van der Waals surface area contributed by atoms with Crippen LogP contribution in [0.3, 0.4) is 0 Å². The van der Waals surface area contributed by atoms with Gasteiger partial charge in [0, 0.05) is 7.11 Å². The summed E-state index contributed by atoms with van der Waals surface area (Å²) in [5, 5.41) is 0. The highest BCUT2D eigenvalue weighted by molar-refractivity contribution is 4.83. The molecule has 3 heteroatoms. The van der Waals surface area contributed by atoms with Crippen molar-refractivity contribution in [3.63, 3.8) is 0 Å². The Bertz CT molecular complexity index is 160. The predicted octanol–water partition coefficient (Wildman–Crippen LogP) is 1.38. The van der Waals surface area contributed by atoms with Crippen molar-refractivity contribution in [2.75, 3.05) is 7.11 Å². The fraction of sp³-hybridized carbons (Fsp3) is 0.500. The topological polar surface area (TPSA) is 35.3 Å². The van der Waals surface area contributed by atoms with Gasteiger partial charge < -0.3 is 9.15 Å². The molecule has 1 rings (SSSR count). The van der Waals surface area contributed by atoms with Crippen LogP contribution in [0.4, 0.5) is 0 Å². The highest BCUT2D eigenvalue weighted by Crippen LogP contribution is 2.11. The largest absolute Gasteiger partial charge is 0.446 e. The van der Waals surface area contributed by atoms with E-state index in [1.54, 1.807) is 13.3 Å². The average molecular weight is 127 g/mol. The molecule has 1 atom stereocenters. The minimum Gasteiger partial charge on any atom is -0.446 e. The normalized spacial score (nSPS) is 13.6. The lowest BCUT2D eigenvalue weighted by Crippen LogP contribution is -1.94. The van der Waals surface area contributed by atoms with E-state index in [2.05, 4.69) is 4.98 Å². The van der Waals surface area contributed by atoms with Crippen LogP contribution in [-0.2, 0) is 4.74 Å². The highest BCUT2D eigenvalue weighted by atomic mass is 16.5. The number of rotatable bonds is 2. The van der Waals surface area contributed by atoms with Crippen LogP contribution in [0.1, 0.15) is 18.9 Å². The van der Waals surface area contributed by atoms with Gasteiger partial charge in [-0.2, -0.15) is 0 Å². The molecule has 9 heavy (non-hydrogen) atoms. The van der Waals surface area contributed by atoms with Crippen molar-refractivity contribution >= 4 is 0 Å². The molecular formula is C6H9NO2. The fourth-order valence-corrected chi connectivity index (χ4v) is 0.536. The first kappa shape index (κ1) is 6.29. The van der Waals surface area contributed by atoms with Crippen molar-refractivity contribution in [3.05, 3.63) is 18.4 Å². The molecule has 0 amide bonds. The number of hydrogen-bond donors (Lipinski definition) is 0. The monoisotopic (exact) mass is 127 g/mol. The van der Waals surface area contributed by atoms with Gasteiger partial charge in [-0.25, -0.2) is 4.98 Å². The van der Waals surface area contributed by atoms with Crippen molar-refractivity contribution in [2.24, 2.45) is 0 Å². The van der Waals surface area contributed by atoms with Crippen molar-refractivity contribution in [3.8, 4) is 0 Å². The SMILES string of the molecule is COC(C)c1ncco1. The van der Waals surface area contributed by atoms with Gasteiger partial charge in [-0.15, -0.1) is 0 Å². The zero-order valence-electron chi connectivity index (χ0n) is 5.50. The Morgan fingerprint density at radius 2 is 2.56 bits per heavy atom. The molecule has 0 bridgehead atoms. The van der Waals surface area contributed by atoms with Gasteiger partial charge in [0.05, 0.1) is 6.20 Å². The van der Waals surface area contributed by atoms with Gasteiger partial charge in [0.1, 0.15) is 12.4 Å².